The molecule has 1 atom stereocenters. The van der Waals surface area contributed by atoms with Crippen LogP contribution in [0.25, 0.3) is 0 Å². The Labute approximate surface area is 136 Å². The number of amides is 2. The zero-order valence-corrected chi connectivity index (χ0v) is 14.2. The van der Waals surface area contributed by atoms with Gasteiger partial charge in [0.1, 0.15) is 11.8 Å². The van der Waals surface area contributed by atoms with E-state index < -0.39 is 17.6 Å². The summed E-state index contributed by atoms with van der Waals surface area (Å²) in [5, 5.41) is 2.54. The number of carbonyl (C=O) groups is 2. The van der Waals surface area contributed by atoms with Crippen molar-refractivity contribution in [1.29, 1.82) is 0 Å². The summed E-state index contributed by atoms with van der Waals surface area (Å²) in [4.78, 5) is 23.7. The van der Waals surface area contributed by atoms with Crippen LogP contribution in [-0.2, 0) is 16.1 Å². The van der Waals surface area contributed by atoms with Crippen molar-refractivity contribution in [3.05, 3.63) is 29.8 Å². The number of hydrogen-bond donors (Lipinski definition) is 3. The first-order chi connectivity index (χ1) is 10.8. The molecule has 128 valence electrons. The van der Waals surface area contributed by atoms with Gasteiger partial charge in [0.05, 0.1) is 14.2 Å². The van der Waals surface area contributed by atoms with E-state index in [2.05, 4.69) is 20.9 Å². The zero-order valence-electron chi connectivity index (χ0n) is 14.2. The third kappa shape index (κ3) is 6.15. The third-order valence-electron chi connectivity index (χ3n) is 3.24. The van der Waals surface area contributed by atoms with Crippen molar-refractivity contribution in [3.63, 3.8) is 0 Å². The monoisotopic (exact) mass is 323 g/mol. The number of carbonyl (C=O) groups excluding carboxylic acids is 2. The molecule has 2 amide bonds. The van der Waals surface area contributed by atoms with Gasteiger partial charge in [-0.1, -0.05) is 32.9 Å². The second-order valence-corrected chi connectivity index (χ2v) is 6.13. The summed E-state index contributed by atoms with van der Waals surface area (Å²) in [5.74, 6) is 0.435. The summed E-state index contributed by atoms with van der Waals surface area (Å²) < 4.78 is 9.65. The molecule has 7 nitrogen and oxygen atoms in total. The first-order valence-corrected chi connectivity index (χ1v) is 7.28. The van der Waals surface area contributed by atoms with E-state index in [1.165, 1.54) is 7.11 Å². The Hall–Kier alpha value is -2.28. The van der Waals surface area contributed by atoms with Crippen LogP contribution >= 0.6 is 0 Å². The van der Waals surface area contributed by atoms with Crippen LogP contribution in [0, 0.1) is 5.41 Å². The lowest BCUT2D eigenvalue weighted by atomic mass is 9.86. The van der Waals surface area contributed by atoms with E-state index in [4.69, 9.17) is 4.74 Å². The molecule has 0 unspecified atom stereocenters. The van der Waals surface area contributed by atoms with E-state index in [1.54, 1.807) is 7.11 Å². The SMILES string of the molecule is COC(=O)N[C@H](C(=O)NNCc1ccc(OC)cc1)C(C)(C)C. The summed E-state index contributed by atoms with van der Waals surface area (Å²) in [7, 11) is 2.86. The van der Waals surface area contributed by atoms with Crippen molar-refractivity contribution in [3.8, 4) is 5.75 Å². The Morgan fingerprint density at radius 1 is 1.13 bits per heavy atom. The van der Waals surface area contributed by atoms with Crippen molar-refractivity contribution in [2.24, 2.45) is 5.41 Å². The number of hydrogen-bond acceptors (Lipinski definition) is 5. The van der Waals surface area contributed by atoms with Gasteiger partial charge in [0.15, 0.2) is 0 Å². The number of hydrazine groups is 1. The van der Waals surface area contributed by atoms with Crippen molar-refractivity contribution < 1.29 is 19.1 Å². The number of ether oxygens (including phenoxy) is 2. The fourth-order valence-corrected chi connectivity index (χ4v) is 1.90. The molecule has 0 aliphatic carbocycles. The Bertz CT molecular complexity index is 523. The lowest BCUT2D eigenvalue weighted by molar-refractivity contribution is -0.126. The minimum atomic E-state index is -0.724. The van der Waals surface area contributed by atoms with Crippen LogP contribution in [0.4, 0.5) is 4.79 Å². The van der Waals surface area contributed by atoms with Gasteiger partial charge in [-0.05, 0) is 23.1 Å². The van der Waals surface area contributed by atoms with E-state index in [0.29, 0.717) is 6.54 Å². The van der Waals surface area contributed by atoms with Gasteiger partial charge in [-0.15, -0.1) is 0 Å². The van der Waals surface area contributed by atoms with Crippen LogP contribution in [0.3, 0.4) is 0 Å². The molecule has 0 heterocycles. The molecular weight excluding hydrogens is 298 g/mol. The molecule has 7 heteroatoms. The third-order valence-corrected chi connectivity index (χ3v) is 3.24. The Balaban J connectivity index is 2.55. The molecule has 1 rings (SSSR count). The zero-order chi connectivity index (χ0) is 17.5. The molecule has 0 aliphatic rings. The van der Waals surface area contributed by atoms with E-state index >= 15 is 0 Å². The van der Waals surface area contributed by atoms with Crippen molar-refractivity contribution in [2.45, 2.75) is 33.4 Å². The first-order valence-electron chi connectivity index (χ1n) is 7.28. The molecule has 3 N–H and O–H groups in total. The molecule has 1 aromatic rings. The van der Waals surface area contributed by atoms with Gasteiger partial charge in [-0.3, -0.25) is 10.2 Å². The Morgan fingerprint density at radius 2 is 1.74 bits per heavy atom. The van der Waals surface area contributed by atoms with Crippen LogP contribution in [0.15, 0.2) is 24.3 Å². The molecule has 0 fully saturated rings. The quantitative estimate of drug-likeness (QED) is 0.692. The maximum atomic E-state index is 12.3. The van der Waals surface area contributed by atoms with E-state index in [1.807, 2.05) is 45.0 Å². The lowest BCUT2D eigenvalue weighted by Gasteiger charge is -2.29. The molecule has 0 bridgehead atoms. The highest BCUT2D eigenvalue weighted by Gasteiger charge is 2.33. The van der Waals surface area contributed by atoms with Gasteiger partial charge < -0.3 is 14.8 Å². The van der Waals surface area contributed by atoms with Gasteiger partial charge in [0.2, 0.25) is 0 Å². The number of methoxy groups -OCH3 is 2. The number of benzene rings is 1. The fraction of sp³-hybridized carbons (Fsp3) is 0.500. The van der Waals surface area contributed by atoms with E-state index in [-0.39, 0.29) is 5.91 Å². The smallest absolute Gasteiger partial charge is 0.407 e. The lowest BCUT2D eigenvalue weighted by Crippen LogP contribution is -2.56. The van der Waals surface area contributed by atoms with Crippen molar-refractivity contribution in [1.82, 2.24) is 16.2 Å². The predicted molar refractivity (Wildman–Crippen MR) is 86.8 cm³/mol. The van der Waals surface area contributed by atoms with E-state index in [0.717, 1.165) is 11.3 Å². The second-order valence-electron chi connectivity index (χ2n) is 6.13. The molecular formula is C16H25N3O4. The number of nitrogens with one attached hydrogen (secondary N) is 3. The van der Waals surface area contributed by atoms with E-state index in [9.17, 15) is 9.59 Å². The highest BCUT2D eigenvalue weighted by molar-refractivity contribution is 5.86. The van der Waals surface area contributed by atoms with Gasteiger partial charge in [0, 0.05) is 6.54 Å². The highest BCUT2D eigenvalue weighted by atomic mass is 16.5. The highest BCUT2D eigenvalue weighted by Crippen LogP contribution is 2.19. The summed E-state index contributed by atoms with van der Waals surface area (Å²) >= 11 is 0. The van der Waals surface area contributed by atoms with Crippen molar-refractivity contribution in [2.75, 3.05) is 14.2 Å². The van der Waals surface area contributed by atoms with Crippen LogP contribution in [-0.4, -0.2) is 32.3 Å². The molecule has 0 saturated carbocycles. The summed E-state index contributed by atoms with van der Waals surface area (Å²) in [5.41, 5.74) is 5.98. The summed E-state index contributed by atoms with van der Waals surface area (Å²) in [6.07, 6.45) is -0.643. The minimum Gasteiger partial charge on any atom is -0.497 e. The van der Waals surface area contributed by atoms with Crippen LogP contribution in [0.5, 0.6) is 5.75 Å². The van der Waals surface area contributed by atoms with Gasteiger partial charge >= 0.3 is 6.09 Å². The largest absolute Gasteiger partial charge is 0.497 e. The molecule has 0 saturated heterocycles. The Kier molecular flexibility index (Phi) is 6.84. The first kappa shape index (κ1) is 18.8. The standard InChI is InChI=1S/C16H25N3O4/c1-16(2,3)13(18-15(21)23-5)14(20)19-17-10-11-6-8-12(22-4)9-7-11/h6-9,13,17H,10H2,1-5H3,(H,18,21)(H,19,20)/t13-/m1/s1. The normalized spacial score (nSPS) is 12.2. The second kappa shape index (κ2) is 8.38. The predicted octanol–water partition coefficient (Wildman–Crippen LogP) is 1.59. The molecule has 23 heavy (non-hydrogen) atoms. The topological polar surface area (TPSA) is 88.7 Å². The average molecular weight is 323 g/mol. The summed E-state index contributed by atoms with van der Waals surface area (Å²) in [6, 6.07) is 6.75. The molecule has 0 spiro atoms. The minimum absolute atomic E-state index is 0.337. The van der Waals surface area contributed by atoms with Gasteiger partial charge in [0.25, 0.3) is 5.91 Å². The molecule has 0 aromatic heterocycles. The Morgan fingerprint density at radius 3 is 2.22 bits per heavy atom. The maximum Gasteiger partial charge on any atom is 0.407 e. The van der Waals surface area contributed by atoms with Crippen LogP contribution in [0.1, 0.15) is 26.3 Å². The molecule has 0 radical (unpaired) electrons. The van der Waals surface area contributed by atoms with Gasteiger partial charge in [-0.25, -0.2) is 10.2 Å². The van der Waals surface area contributed by atoms with Crippen molar-refractivity contribution >= 4 is 12.0 Å². The van der Waals surface area contributed by atoms with Gasteiger partial charge in [-0.2, -0.15) is 0 Å². The van der Waals surface area contributed by atoms with Crippen LogP contribution < -0.4 is 20.9 Å². The van der Waals surface area contributed by atoms with Crippen LogP contribution in [0.2, 0.25) is 0 Å². The fourth-order valence-electron chi connectivity index (χ4n) is 1.90. The summed E-state index contributed by atoms with van der Waals surface area (Å²) in [6.45, 7) is 6.02. The molecule has 0 aliphatic heterocycles. The number of alkyl carbamates (subject to hydrolysis) is 1. The molecule has 1 aromatic carbocycles. The average Bonchev–Trinajstić information content (AvgIpc) is 2.51. The maximum absolute atomic E-state index is 12.3. The number of rotatable bonds is 6.